The summed E-state index contributed by atoms with van der Waals surface area (Å²) in [5.74, 6) is 1.04. The van der Waals surface area contributed by atoms with Crippen molar-refractivity contribution in [1.82, 2.24) is 4.98 Å². The summed E-state index contributed by atoms with van der Waals surface area (Å²) in [6.45, 7) is 5.50. The van der Waals surface area contributed by atoms with Crippen LogP contribution in [-0.2, 0) is 13.2 Å². The van der Waals surface area contributed by atoms with E-state index in [1.165, 1.54) is 22.4 Å². The van der Waals surface area contributed by atoms with Gasteiger partial charge in [0, 0.05) is 22.3 Å². The van der Waals surface area contributed by atoms with E-state index in [1.54, 1.807) is 23.5 Å². The molecule has 37 heavy (non-hydrogen) atoms. The van der Waals surface area contributed by atoms with Gasteiger partial charge in [0.25, 0.3) is 0 Å². The van der Waals surface area contributed by atoms with Gasteiger partial charge in [0.2, 0.25) is 0 Å². The Morgan fingerprint density at radius 2 is 1.68 bits per heavy atom. The van der Waals surface area contributed by atoms with E-state index in [9.17, 15) is 4.39 Å². The van der Waals surface area contributed by atoms with E-state index >= 15 is 0 Å². The Labute approximate surface area is 228 Å². The van der Waals surface area contributed by atoms with Crippen LogP contribution in [0.25, 0.3) is 20.8 Å². The van der Waals surface area contributed by atoms with Crippen molar-refractivity contribution in [2.24, 2.45) is 0 Å². The highest BCUT2D eigenvalue weighted by atomic mass is 79.9. The smallest absolute Gasteiger partial charge is 0.162 e. The van der Waals surface area contributed by atoms with Crippen LogP contribution in [0.5, 0.6) is 11.5 Å². The van der Waals surface area contributed by atoms with E-state index in [0.29, 0.717) is 31.3 Å². The van der Waals surface area contributed by atoms with Gasteiger partial charge < -0.3 is 14.8 Å². The van der Waals surface area contributed by atoms with Crippen molar-refractivity contribution in [3.63, 3.8) is 0 Å². The lowest BCUT2D eigenvalue weighted by Gasteiger charge is -2.16. The molecule has 5 aromatic rings. The summed E-state index contributed by atoms with van der Waals surface area (Å²) in [5.41, 5.74) is 6.33. The van der Waals surface area contributed by atoms with Gasteiger partial charge in [0.1, 0.15) is 17.4 Å². The number of rotatable bonds is 9. The molecule has 0 amide bonds. The molecule has 0 saturated carbocycles. The van der Waals surface area contributed by atoms with Gasteiger partial charge in [-0.25, -0.2) is 9.37 Å². The molecule has 7 heteroatoms. The molecule has 0 aliphatic carbocycles. The standard InChI is InChI=1S/C30H26BrFN2O2S/c1-3-35-27-15-22(25(31)16-28(27)36-18-20-5-9-23(32)10-6-20)17-33-24-11-7-21(8-12-24)30-34-26-13-4-19(2)14-29(26)37-30/h4-16,33H,3,17-18H2,1-2H3. The van der Waals surface area contributed by atoms with Gasteiger partial charge >= 0.3 is 0 Å². The van der Waals surface area contributed by atoms with Gasteiger partial charge in [-0.15, -0.1) is 11.3 Å². The van der Waals surface area contributed by atoms with Crippen LogP contribution in [0, 0.1) is 12.7 Å². The second-order valence-electron chi connectivity index (χ2n) is 8.66. The lowest BCUT2D eigenvalue weighted by molar-refractivity contribution is 0.269. The second kappa shape index (κ2) is 11.3. The molecule has 4 aromatic carbocycles. The second-order valence-corrected chi connectivity index (χ2v) is 10.5. The lowest BCUT2D eigenvalue weighted by atomic mass is 10.1. The molecule has 1 aromatic heterocycles. The van der Waals surface area contributed by atoms with Crippen LogP contribution in [0.15, 0.2) is 83.3 Å². The van der Waals surface area contributed by atoms with E-state index in [1.807, 2.05) is 19.1 Å². The number of anilines is 1. The number of nitrogens with one attached hydrogen (secondary N) is 1. The fraction of sp³-hybridized carbons (Fsp3) is 0.167. The summed E-state index contributed by atoms with van der Waals surface area (Å²) in [5, 5.41) is 4.51. The molecule has 1 heterocycles. The van der Waals surface area contributed by atoms with Gasteiger partial charge in [-0.2, -0.15) is 0 Å². The maximum atomic E-state index is 13.2. The Morgan fingerprint density at radius 1 is 0.919 bits per heavy atom. The highest BCUT2D eigenvalue weighted by Crippen LogP contribution is 2.35. The summed E-state index contributed by atoms with van der Waals surface area (Å²) in [7, 11) is 0. The first-order valence-corrected chi connectivity index (χ1v) is 13.6. The SMILES string of the molecule is CCOc1cc(CNc2ccc(-c3nc4ccc(C)cc4s3)cc2)c(Br)cc1OCc1ccc(F)cc1. The fourth-order valence-corrected chi connectivity index (χ4v) is 5.45. The largest absolute Gasteiger partial charge is 0.490 e. The average molecular weight is 578 g/mol. The zero-order valence-electron chi connectivity index (χ0n) is 20.6. The van der Waals surface area contributed by atoms with Gasteiger partial charge in [0.15, 0.2) is 11.5 Å². The minimum atomic E-state index is -0.264. The summed E-state index contributed by atoms with van der Waals surface area (Å²) < 4.78 is 27.1. The number of nitrogens with zero attached hydrogens (tertiary/aromatic N) is 1. The van der Waals surface area contributed by atoms with Crippen molar-refractivity contribution in [2.75, 3.05) is 11.9 Å². The topological polar surface area (TPSA) is 43.4 Å². The molecule has 0 aliphatic rings. The van der Waals surface area contributed by atoms with E-state index in [-0.39, 0.29) is 5.82 Å². The van der Waals surface area contributed by atoms with Crippen LogP contribution in [0.3, 0.4) is 0 Å². The maximum Gasteiger partial charge on any atom is 0.162 e. The Hall–Kier alpha value is -3.42. The number of halogens is 2. The third kappa shape index (κ3) is 6.12. The van der Waals surface area contributed by atoms with Crippen LogP contribution in [0.2, 0.25) is 0 Å². The third-order valence-electron chi connectivity index (χ3n) is 5.88. The van der Waals surface area contributed by atoms with E-state index in [4.69, 9.17) is 14.5 Å². The molecule has 0 saturated heterocycles. The molecular weight excluding hydrogens is 551 g/mol. The number of fused-ring (bicyclic) bond motifs is 1. The number of benzene rings is 4. The first-order chi connectivity index (χ1) is 18.0. The molecule has 0 spiro atoms. The van der Waals surface area contributed by atoms with E-state index in [2.05, 4.69) is 70.6 Å². The zero-order chi connectivity index (χ0) is 25.8. The number of hydrogen-bond acceptors (Lipinski definition) is 5. The summed E-state index contributed by atoms with van der Waals surface area (Å²) in [6.07, 6.45) is 0. The third-order valence-corrected chi connectivity index (χ3v) is 7.68. The predicted octanol–water partition coefficient (Wildman–Crippen LogP) is 8.76. The van der Waals surface area contributed by atoms with Crippen LogP contribution in [0.1, 0.15) is 23.6 Å². The molecule has 5 rings (SSSR count). The first kappa shape index (κ1) is 25.2. The molecule has 0 bridgehead atoms. The van der Waals surface area contributed by atoms with Crippen LogP contribution in [0.4, 0.5) is 10.1 Å². The van der Waals surface area contributed by atoms with Crippen molar-refractivity contribution in [1.29, 1.82) is 0 Å². The number of aromatic nitrogens is 1. The van der Waals surface area contributed by atoms with Gasteiger partial charge in [-0.05, 0) is 91.2 Å². The average Bonchev–Trinajstić information content (AvgIpc) is 3.32. The molecule has 0 atom stereocenters. The van der Waals surface area contributed by atoms with Crippen molar-refractivity contribution in [2.45, 2.75) is 27.0 Å². The Bertz CT molecular complexity index is 1520. The van der Waals surface area contributed by atoms with Crippen LogP contribution < -0.4 is 14.8 Å². The minimum Gasteiger partial charge on any atom is -0.490 e. The lowest BCUT2D eigenvalue weighted by Crippen LogP contribution is -2.04. The van der Waals surface area contributed by atoms with Crippen molar-refractivity contribution in [3.05, 3.63) is 106 Å². The van der Waals surface area contributed by atoms with Crippen molar-refractivity contribution < 1.29 is 13.9 Å². The van der Waals surface area contributed by atoms with Gasteiger partial charge in [0.05, 0.1) is 16.8 Å². The summed E-state index contributed by atoms with van der Waals surface area (Å²) >= 11 is 5.39. The van der Waals surface area contributed by atoms with E-state index < -0.39 is 0 Å². The first-order valence-electron chi connectivity index (χ1n) is 12.0. The molecular formula is C30H26BrFN2O2S. The van der Waals surface area contributed by atoms with Gasteiger partial charge in [-0.1, -0.05) is 34.1 Å². The highest BCUT2D eigenvalue weighted by molar-refractivity contribution is 9.10. The zero-order valence-corrected chi connectivity index (χ0v) is 23.0. The summed E-state index contributed by atoms with van der Waals surface area (Å²) in [6, 6.07) is 24.9. The van der Waals surface area contributed by atoms with Crippen LogP contribution >= 0.6 is 27.3 Å². The maximum absolute atomic E-state index is 13.2. The molecule has 188 valence electrons. The number of hydrogen-bond donors (Lipinski definition) is 1. The van der Waals surface area contributed by atoms with Gasteiger partial charge in [-0.3, -0.25) is 0 Å². The van der Waals surface area contributed by atoms with Crippen molar-refractivity contribution >= 4 is 43.2 Å². The highest BCUT2D eigenvalue weighted by Gasteiger charge is 2.12. The Morgan fingerprint density at radius 3 is 2.43 bits per heavy atom. The number of thiazole rings is 1. The molecule has 0 radical (unpaired) electrons. The Kier molecular flexibility index (Phi) is 7.72. The fourth-order valence-electron chi connectivity index (χ4n) is 3.92. The van der Waals surface area contributed by atoms with Crippen molar-refractivity contribution in [3.8, 4) is 22.1 Å². The Balaban J connectivity index is 1.26. The molecule has 0 unspecified atom stereocenters. The quantitative estimate of drug-likeness (QED) is 0.190. The number of ether oxygens (including phenoxy) is 2. The molecule has 1 N–H and O–H groups in total. The monoisotopic (exact) mass is 576 g/mol. The molecule has 4 nitrogen and oxygen atoms in total. The molecule has 0 fully saturated rings. The minimum absolute atomic E-state index is 0.264. The van der Waals surface area contributed by atoms with E-state index in [0.717, 1.165) is 37.4 Å². The summed E-state index contributed by atoms with van der Waals surface area (Å²) in [4.78, 5) is 4.78. The molecule has 0 aliphatic heterocycles. The number of aryl methyl sites for hydroxylation is 1. The van der Waals surface area contributed by atoms with Crippen LogP contribution in [-0.4, -0.2) is 11.6 Å². The predicted molar refractivity (Wildman–Crippen MR) is 153 cm³/mol. The normalized spacial score (nSPS) is 11.0.